The number of anilines is 2. The van der Waals surface area contributed by atoms with Crippen LogP contribution in [-0.2, 0) is 0 Å². The molecule has 193 valence electrons. The van der Waals surface area contributed by atoms with Crippen LogP contribution in [0, 0.1) is 5.92 Å². The summed E-state index contributed by atoms with van der Waals surface area (Å²) in [5, 5.41) is 6.04. The van der Waals surface area contributed by atoms with Crippen molar-refractivity contribution in [1.29, 1.82) is 0 Å². The van der Waals surface area contributed by atoms with Gasteiger partial charge in [0.25, 0.3) is 0 Å². The molecule has 1 atom stereocenters. The predicted octanol–water partition coefficient (Wildman–Crippen LogP) is 6.32. The number of ether oxygens (including phenoxy) is 2. The molecule has 4 aromatic rings. The molecule has 1 saturated heterocycles. The molecule has 6 nitrogen and oxygen atoms in total. The van der Waals surface area contributed by atoms with E-state index in [0.717, 1.165) is 55.4 Å². The van der Waals surface area contributed by atoms with E-state index in [2.05, 4.69) is 102 Å². The van der Waals surface area contributed by atoms with Crippen molar-refractivity contribution >= 4 is 22.3 Å². The minimum absolute atomic E-state index is 0.0388. The van der Waals surface area contributed by atoms with E-state index in [-0.39, 0.29) is 13.0 Å². The summed E-state index contributed by atoms with van der Waals surface area (Å²) in [6.07, 6.45) is 4.28. The van der Waals surface area contributed by atoms with Gasteiger partial charge in [0.15, 0.2) is 17.3 Å². The van der Waals surface area contributed by atoms with E-state index < -0.39 is 0 Å². The number of pyridine rings is 1. The largest absolute Gasteiger partial charge is 0.454 e. The van der Waals surface area contributed by atoms with Crippen LogP contribution in [-0.4, -0.2) is 37.5 Å². The van der Waals surface area contributed by atoms with E-state index >= 15 is 0 Å². The average molecular weight is 506 g/mol. The smallest absolute Gasteiger partial charge is 0.231 e. The molecule has 1 radical (unpaired) electrons. The molecular weight excluding hydrogens is 472 g/mol. The van der Waals surface area contributed by atoms with Crippen molar-refractivity contribution < 1.29 is 9.47 Å². The summed E-state index contributed by atoms with van der Waals surface area (Å²) in [5.74, 6) is 4.08. The highest BCUT2D eigenvalue weighted by Crippen LogP contribution is 2.50. The van der Waals surface area contributed by atoms with Crippen LogP contribution in [0.3, 0.4) is 0 Å². The summed E-state index contributed by atoms with van der Waals surface area (Å²) in [5.41, 5.74) is 4.73. The Balaban J connectivity index is 1.36. The van der Waals surface area contributed by atoms with Gasteiger partial charge in [-0.05, 0) is 78.0 Å². The number of hydrogen-bond acceptors (Lipinski definition) is 6. The Hall–Kier alpha value is -3.77. The van der Waals surface area contributed by atoms with Crippen LogP contribution in [0.2, 0.25) is 0 Å². The van der Waals surface area contributed by atoms with Crippen molar-refractivity contribution in [2.75, 3.05) is 36.2 Å². The van der Waals surface area contributed by atoms with Crippen LogP contribution < -0.4 is 24.6 Å². The molecule has 1 fully saturated rings. The van der Waals surface area contributed by atoms with E-state index in [0.29, 0.717) is 6.04 Å². The Morgan fingerprint density at radius 2 is 1.71 bits per heavy atom. The second kappa shape index (κ2) is 9.52. The van der Waals surface area contributed by atoms with Crippen LogP contribution in [0.1, 0.15) is 38.4 Å². The lowest BCUT2D eigenvalue weighted by Gasteiger charge is -2.40. The quantitative estimate of drug-likeness (QED) is 0.342. The number of aromatic nitrogens is 1. The third-order valence-corrected chi connectivity index (χ3v) is 7.93. The maximum absolute atomic E-state index is 5.79. The Bertz CT molecular complexity index is 1480. The van der Waals surface area contributed by atoms with E-state index in [1.807, 2.05) is 0 Å². The van der Waals surface area contributed by atoms with Crippen molar-refractivity contribution in [3.05, 3.63) is 84.4 Å². The Labute approximate surface area is 224 Å². The number of rotatable bonds is 5. The monoisotopic (exact) mass is 505 g/mol. The van der Waals surface area contributed by atoms with Gasteiger partial charge in [-0.3, -0.25) is 0 Å². The topological polar surface area (TPSA) is 49.9 Å². The van der Waals surface area contributed by atoms with Crippen molar-refractivity contribution in [2.24, 2.45) is 0 Å². The number of hydrogen-bond donors (Lipinski definition) is 1. The molecule has 3 aromatic carbocycles. The number of fused-ring (bicyclic) bond motifs is 3. The van der Waals surface area contributed by atoms with Gasteiger partial charge in [0.2, 0.25) is 6.79 Å². The summed E-state index contributed by atoms with van der Waals surface area (Å²) in [4.78, 5) is 10.3. The summed E-state index contributed by atoms with van der Waals surface area (Å²) >= 11 is 0. The molecule has 3 aliphatic heterocycles. The second-order valence-corrected chi connectivity index (χ2v) is 10.8. The van der Waals surface area contributed by atoms with Crippen molar-refractivity contribution in [2.45, 2.75) is 38.9 Å². The van der Waals surface area contributed by atoms with Gasteiger partial charge in [-0.25, -0.2) is 4.98 Å². The van der Waals surface area contributed by atoms with Gasteiger partial charge in [0, 0.05) is 24.3 Å². The summed E-state index contributed by atoms with van der Waals surface area (Å²) in [6.45, 7) is 7.62. The van der Waals surface area contributed by atoms with Crippen LogP contribution in [0.25, 0.3) is 21.9 Å². The Morgan fingerprint density at radius 1 is 0.895 bits per heavy atom. The first-order chi connectivity index (χ1) is 18.7. The lowest BCUT2D eigenvalue weighted by Crippen LogP contribution is -2.47. The molecule has 0 amide bonds. The highest BCUT2D eigenvalue weighted by molar-refractivity contribution is 5.89. The minimum Gasteiger partial charge on any atom is -0.454 e. The average Bonchev–Trinajstić information content (AvgIpc) is 3.55. The SMILES string of the molecule is C[C](C)CN1c2cc(-c3ccc4ccccc4c3)cnc2N(C2CCNCC2)C1c1ccc2c(c1)OCO2. The van der Waals surface area contributed by atoms with Crippen molar-refractivity contribution in [3.63, 3.8) is 0 Å². The van der Waals surface area contributed by atoms with Gasteiger partial charge in [0.1, 0.15) is 6.17 Å². The van der Waals surface area contributed by atoms with Crippen LogP contribution in [0.4, 0.5) is 11.5 Å². The molecule has 0 bridgehead atoms. The van der Waals surface area contributed by atoms with Crippen LogP contribution >= 0.6 is 0 Å². The molecule has 1 aromatic heterocycles. The Kier molecular flexibility index (Phi) is 5.85. The number of piperidine rings is 1. The maximum Gasteiger partial charge on any atom is 0.231 e. The molecule has 4 heterocycles. The fraction of sp³-hybridized carbons (Fsp3) is 0.312. The van der Waals surface area contributed by atoms with Crippen molar-refractivity contribution in [3.8, 4) is 22.6 Å². The fourth-order valence-corrected chi connectivity index (χ4v) is 6.16. The van der Waals surface area contributed by atoms with Gasteiger partial charge in [-0.15, -0.1) is 0 Å². The third-order valence-electron chi connectivity index (χ3n) is 7.93. The second-order valence-electron chi connectivity index (χ2n) is 10.8. The summed E-state index contributed by atoms with van der Waals surface area (Å²) in [6, 6.07) is 24.4. The first-order valence-electron chi connectivity index (χ1n) is 13.6. The first kappa shape index (κ1) is 23.4. The zero-order valence-electron chi connectivity index (χ0n) is 22.0. The summed E-state index contributed by atoms with van der Waals surface area (Å²) in [7, 11) is 0. The van der Waals surface area contributed by atoms with Gasteiger partial charge < -0.3 is 24.6 Å². The van der Waals surface area contributed by atoms with E-state index in [1.165, 1.54) is 33.5 Å². The molecule has 7 rings (SSSR count). The standard InChI is InChI=1S/C32H33N4O2/c1-21(2)19-35-28-16-26(24-8-7-22-5-3-4-6-23(22)15-24)18-34-31(28)36(27-11-13-33-14-12-27)32(35)25-9-10-29-30(17-25)38-20-37-29/h3-10,15-18,27,32-33H,11-14,19-20H2,1-2H3. The van der Waals surface area contributed by atoms with Gasteiger partial charge in [-0.1, -0.05) is 56.3 Å². The Morgan fingerprint density at radius 3 is 2.55 bits per heavy atom. The minimum atomic E-state index is 0.0388. The lowest BCUT2D eigenvalue weighted by molar-refractivity contribution is 0.174. The highest BCUT2D eigenvalue weighted by atomic mass is 16.7. The molecule has 6 heteroatoms. The summed E-state index contributed by atoms with van der Waals surface area (Å²) < 4.78 is 11.4. The van der Waals surface area contributed by atoms with E-state index in [4.69, 9.17) is 14.5 Å². The third kappa shape index (κ3) is 4.04. The zero-order chi connectivity index (χ0) is 25.6. The molecule has 1 N–H and O–H groups in total. The first-order valence-corrected chi connectivity index (χ1v) is 13.6. The normalized spacial score (nSPS) is 19.0. The predicted molar refractivity (Wildman–Crippen MR) is 153 cm³/mol. The molecule has 3 aliphatic rings. The van der Waals surface area contributed by atoms with Gasteiger partial charge in [-0.2, -0.15) is 0 Å². The molecular formula is C32H33N4O2. The van der Waals surface area contributed by atoms with Gasteiger partial charge in [0.05, 0.1) is 5.69 Å². The number of nitrogens with zero attached hydrogens (tertiary/aromatic N) is 3. The molecule has 0 saturated carbocycles. The number of nitrogens with one attached hydrogen (secondary N) is 1. The zero-order valence-corrected chi connectivity index (χ0v) is 22.0. The number of benzene rings is 3. The molecule has 1 unspecified atom stereocenters. The molecule has 38 heavy (non-hydrogen) atoms. The maximum atomic E-state index is 5.79. The van der Waals surface area contributed by atoms with Crippen molar-refractivity contribution in [1.82, 2.24) is 10.3 Å². The van der Waals surface area contributed by atoms with E-state index in [1.54, 1.807) is 0 Å². The van der Waals surface area contributed by atoms with Gasteiger partial charge >= 0.3 is 0 Å². The highest BCUT2D eigenvalue weighted by Gasteiger charge is 2.42. The van der Waals surface area contributed by atoms with Crippen LogP contribution in [0.5, 0.6) is 11.5 Å². The fourth-order valence-electron chi connectivity index (χ4n) is 6.16. The van der Waals surface area contributed by atoms with E-state index in [9.17, 15) is 0 Å². The molecule has 0 spiro atoms. The lowest BCUT2D eigenvalue weighted by atomic mass is 10.0. The molecule has 0 aliphatic carbocycles. The van der Waals surface area contributed by atoms with Crippen LogP contribution in [0.15, 0.2) is 72.9 Å².